The first-order valence-electron chi connectivity index (χ1n) is 8.61. The smallest absolute Gasteiger partial charge is 0.337 e. The number of carbonyl (C=O) groups is 2. The van der Waals surface area contributed by atoms with Gasteiger partial charge in [-0.25, -0.2) is 10.2 Å². The molecule has 0 bridgehead atoms. The Balaban J connectivity index is 1.70. The molecule has 154 valence electrons. The van der Waals surface area contributed by atoms with Crippen molar-refractivity contribution in [3.8, 4) is 22.8 Å². The molecule has 0 aliphatic carbocycles. The zero-order valence-corrected chi connectivity index (χ0v) is 16.8. The van der Waals surface area contributed by atoms with Crippen LogP contribution >= 0.6 is 11.6 Å². The Labute approximate surface area is 176 Å². The maximum absolute atomic E-state index is 12.3. The second-order valence-corrected chi connectivity index (χ2v) is 6.41. The molecule has 8 nitrogen and oxygen atoms in total. The van der Waals surface area contributed by atoms with E-state index in [0.717, 1.165) is 0 Å². The van der Waals surface area contributed by atoms with Crippen LogP contribution in [0.5, 0.6) is 11.5 Å². The number of carboxylic acid groups (broad SMARTS) is 1. The number of furan rings is 1. The van der Waals surface area contributed by atoms with Crippen molar-refractivity contribution in [1.82, 2.24) is 5.43 Å². The van der Waals surface area contributed by atoms with Crippen molar-refractivity contribution >= 4 is 29.7 Å². The van der Waals surface area contributed by atoms with Crippen LogP contribution in [0.25, 0.3) is 11.3 Å². The molecule has 3 aromatic rings. The van der Waals surface area contributed by atoms with Crippen LogP contribution in [0.2, 0.25) is 5.02 Å². The fourth-order valence-electron chi connectivity index (χ4n) is 2.58. The van der Waals surface area contributed by atoms with Gasteiger partial charge in [-0.1, -0.05) is 17.7 Å². The molecule has 3 rings (SSSR count). The average molecular weight is 429 g/mol. The number of hydrazone groups is 1. The monoisotopic (exact) mass is 428 g/mol. The van der Waals surface area contributed by atoms with Crippen molar-refractivity contribution in [3.05, 3.63) is 70.4 Å². The van der Waals surface area contributed by atoms with E-state index in [1.54, 1.807) is 36.4 Å². The van der Waals surface area contributed by atoms with Crippen LogP contribution < -0.4 is 14.9 Å². The summed E-state index contributed by atoms with van der Waals surface area (Å²) in [6, 6.07) is 12.6. The van der Waals surface area contributed by atoms with Crippen LogP contribution in [0.3, 0.4) is 0 Å². The van der Waals surface area contributed by atoms with E-state index in [2.05, 4.69) is 10.5 Å². The maximum Gasteiger partial charge on any atom is 0.337 e. The van der Waals surface area contributed by atoms with Gasteiger partial charge < -0.3 is 19.0 Å². The number of methoxy groups -OCH3 is 2. The van der Waals surface area contributed by atoms with Gasteiger partial charge in [-0.2, -0.15) is 5.10 Å². The minimum atomic E-state index is -1.11. The number of rotatable bonds is 7. The molecule has 9 heteroatoms. The van der Waals surface area contributed by atoms with Crippen molar-refractivity contribution in [2.24, 2.45) is 5.10 Å². The molecular weight excluding hydrogens is 412 g/mol. The molecule has 1 amide bonds. The Morgan fingerprint density at radius 3 is 2.37 bits per heavy atom. The highest BCUT2D eigenvalue weighted by atomic mass is 35.5. The molecule has 0 radical (unpaired) electrons. The quantitative estimate of drug-likeness (QED) is 0.433. The largest absolute Gasteiger partial charge is 0.497 e. The summed E-state index contributed by atoms with van der Waals surface area (Å²) < 4.78 is 15.9. The number of aromatic carboxylic acids is 1. The summed E-state index contributed by atoms with van der Waals surface area (Å²) in [6.45, 7) is 0. The van der Waals surface area contributed by atoms with Crippen LogP contribution in [0.1, 0.15) is 26.5 Å². The molecule has 0 unspecified atom stereocenters. The summed E-state index contributed by atoms with van der Waals surface area (Å²) in [5.41, 5.74) is 3.33. The number of ether oxygens (including phenoxy) is 2. The first-order chi connectivity index (χ1) is 14.4. The van der Waals surface area contributed by atoms with Gasteiger partial charge in [0.25, 0.3) is 5.91 Å². The second-order valence-electron chi connectivity index (χ2n) is 6.00. The number of hydrogen-bond acceptors (Lipinski definition) is 6. The van der Waals surface area contributed by atoms with Crippen LogP contribution in [0, 0.1) is 0 Å². The van der Waals surface area contributed by atoms with Crippen molar-refractivity contribution < 1.29 is 28.6 Å². The third-order valence-corrected chi connectivity index (χ3v) is 4.40. The number of amides is 1. The maximum atomic E-state index is 12.3. The SMILES string of the molecule is COc1cc(OC)cc(C(=O)NN=Cc2ccc(-c3ccc(C(=O)O)c(Cl)c3)o2)c1. The lowest BCUT2D eigenvalue weighted by Gasteiger charge is -2.07. The van der Waals surface area contributed by atoms with E-state index in [4.69, 9.17) is 30.6 Å². The minimum absolute atomic E-state index is 0.00523. The van der Waals surface area contributed by atoms with Crippen LogP contribution in [-0.4, -0.2) is 37.4 Å². The summed E-state index contributed by atoms with van der Waals surface area (Å²) >= 11 is 5.99. The van der Waals surface area contributed by atoms with E-state index in [-0.39, 0.29) is 10.6 Å². The molecule has 0 aliphatic heterocycles. The highest BCUT2D eigenvalue weighted by Gasteiger charge is 2.12. The summed E-state index contributed by atoms with van der Waals surface area (Å²) in [4.78, 5) is 23.3. The van der Waals surface area contributed by atoms with E-state index < -0.39 is 11.9 Å². The molecule has 0 atom stereocenters. The summed E-state index contributed by atoms with van der Waals surface area (Å²) in [5, 5.41) is 13.0. The molecule has 0 saturated carbocycles. The lowest BCUT2D eigenvalue weighted by molar-refractivity contribution is 0.0696. The Bertz CT molecular complexity index is 1100. The van der Waals surface area contributed by atoms with Gasteiger partial charge in [0.05, 0.1) is 31.0 Å². The molecule has 30 heavy (non-hydrogen) atoms. The fraction of sp³-hybridized carbons (Fsp3) is 0.0952. The molecule has 0 fully saturated rings. The highest BCUT2D eigenvalue weighted by molar-refractivity contribution is 6.33. The Hall–Kier alpha value is -3.78. The number of nitrogens with zero attached hydrogens (tertiary/aromatic N) is 1. The highest BCUT2D eigenvalue weighted by Crippen LogP contribution is 2.27. The first-order valence-corrected chi connectivity index (χ1v) is 8.98. The molecule has 0 aliphatic rings. The van der Waals surface area contributed by atoms with Crippen LogP contribution in [-0.2, 0) is 0 Å². The minimum Gasteiger partial charge on any atom is -0.497 e. The topological polar surface area (TPSA) is 110 Å². The Morgan fingerprint density at radius 1 is 1.07 bits per heavy atom. The predicted octanol–water partition coefficient (Wildman–Crippen LogP) is 4.08. The fourth-order valence-corrected chi connectivity index (χ4v) is 2.84. The number of hydrogen-bond donors (Lipinski definition) is 2. The van der Waals surface area contributed by atoms with E-state index in [9.17, 15) is 9.59 Å². The lowest BCUT2D eigenvalue weighted by atomic mass is 10.1. The molecule has 0 spiro atoms. The van der Waals surface area contributed by atoms with Gasteiger partial charge in [0.2, 0.25) is 0 Å². The summed E-state index contributed by atoms with van der Waals surface area (Å²) in [6.07, 6.45) is 1.34. The van der Waals surface area contributed by atoms with Gasteiger partial charge in [0.15, 0.2) is 0 Å². The average Bonchev–Trinajstić information content (AvgIpc) is 3.21. The van der Waals surface area contributed by atoms with Crippen LogP contribution in [0.15, 0.2) is 58.0 Å². The first kappa shape index (κ1) is 20.9. The van der Waals surface area contributed by atoms with E-state index >= 15 is 0 Å². The molecule has 2 aromatic carbocycles. The van der Waals surface area contributed by atoms with Gasteiger partial charge in [0.1, 0.15) is 23.0 Å². The molecule has 1 heterocycles. The molecule has 0 saturated heterocycles. The van der Waals surface area contributed by atoms with Gasteiger partial charge in [0, 0.05) is 17.2 Å². The summed E-state index contributed by atoms with van der Waals surface area (Å²) in [5.74, 6) is 0.249. The number of halogens is 1. The Morgan fingerprint density at radius 2 is 1.77 bits per heavy atom. The third kappa shape index (κ3) is 4.79. The molecular formula is C21H17ClN2O6. The number of carboxylic acids is 1. The van der Waals surface area contributed by atoms with Crippen molar-refractivity contribution in [1.29, 1.82) is 0 Å². The zero-order valence-electron chi connectivity index (χ0n) is 16.0. The number of benzene rings is 2. The van der Waals surface area contributed by atoms with Gasteiger partial charge in [-0.05, 0) is 36.4 Å². The number of nitrogens with one attached hydrogen (secondary N) is 1. The second kappa shape index (κ2) is 9.15. The molecule has 1 aromatic heterocycles. The predicted molar refractivity (Wildman–Crippen MR) is 111 cm³/mol. The van der Waals surface area contributed by atoms with Crippen molar-refractivity contribution in [2.75, 3.05) is 14.2 Å². The Kier molecular flexibility index (Phi) is 6.38. The number of carbonyl (C=O) groups excluding carboxylic acids is 1. The van der Waals surface area contributed by atoms with Gasteiger partial charge in [-0.3, -0.25) is 4.79 Å². The normalized spacial score (nSPS) is 10.8. The van der Waals surface area contributed by atoms with Crippen molar-refractivity contribution in [3.63, 3.8) is 0 Å². The van der Waals surface area contributed by atoms with Crippen LogP contribution in [0.4, 0.5) is 0 Å². The zero-order chi connectivity index (χ0) is 21.7. The van der Waals surface area contributed by atoms with E-state index in [1.807, 2.05) is 0 Å². The summed E-state index contributed by atoms with van der Waals surface area (Å²) in [7, 11) is 2.98. The van der Waals surface area contributed by atoms with Gasteiger partial charge in [-0.15, -0.1) is 0 Å². The van der Waals surface area contributed by atoms with Crippen molar-refractivity contribution in [2.45, 2.75) is 0 Å². The molecule has 2 N–H and O–H groups in total. The lowest BCUT2D eigenvalue weighted by Crippen LogP contribution is -2.17. The van der Waals surface area contributed by atoms with E-state index in [0.29, 0.717) is 34.1 Å². The third-order valence-electron chi connectivity index (χ3n) is 4.08. The van der Waals surface area contributed by atoms with Gasteiger partial charge >= 0.3 is 5.97 Å². The standard InChI is InChI=1S/C21H17ClN2O6/c1-28-15-7-13(8-16(10-15)29-2)20(25)24-23-11-14-4-6-19(30-14)12-3-5-17(21(26)27)18(22)9-12/h3-11H,1-2H3,(H,24,25)(H,26,27). The van der Waals surface area contributed by atoms with E-state index in [1.165, 1.54) is 32.6 Å².